The number of ether oxygens (including phenoxy) is 3. The van der Waals surface area contributed by atoms with Gasteiger partial charge in [-0.15, -0.1) is 6.58 Å². The molecule has 37 heavy (non-hydrogen) atoms. The van der Waals surface area contributed by atoms with Gasteiger partial charge in [-0.25, -0.2) is 9.79 Å². The Kier molecular flexibility index (Phi) is 7.63. The van der Waals surface area contributed by atoms with E-state index in [1.165, 1.54) is 23.0 Å². The molecule has 2 aromatic carbocycles. The van der Waals surface area contributed by atoms with E-state index >= 15 is 0 Å². The molecule has 0 fully saturated rings. The van der Waals surface area contributed by atoms with E-state index in [9.17, 15) is 14.7 Å². The Balaban J connectivity index is 1.95. The third kappa shape index (κ3) is 4.95. The van der Waals surface area contributed by atoms with Crippen molar-refractivity contribution in [2.45, 2.75) is 26.3 Å². The molecule has 0 aliphatic carbocycles. The number of esters is 1. The summed E-state index contributed by atoms with van der Waals surface area (Å²) >= 11 is 1.23. The first kappa shape index (κ1) is 26.0. The predicted molar refractivity (Wildman–Crippen MR) is 142 cm³/mol. The lowest BCUT2D eigenvalue weighted by Crippen LogP contribution is -2.40. The second-order valence-electron chi connectivity index (χ2n) is 8.30. The molecule has 8 nitrogen and oxygen atoms in total. The number of benzene rings is 2. The fourth-order valence-corrected chi connectivity index (χ4v) is 5.34. The van der Waals surface area contributed by atoms with E-state index in [1.54, 1.807) is 63.4 Å². The average Bonchev–Trinajstić information content (AvgIpc) is 3.19. The van der Waals surface area contributed by atoms with Crippen molar-refractivity contribution < 1.29 is 24.1 Å². The summed E-state index contributed by atoms with van der Waals surface area (Å²) in [4.78, 5) is 31.9. The van der Waals surface area contributed by atoms with Gasteiger partial charge in [0.25, 0.3) is 5.56 Å². The van der Waals surface area contributed by atoms with Crippen molar-refractivity contribution in [3.05, 3.63) is 96.7 Å². The first-order chi connectivity index (χ1) is 17.8. The molecule has 1 N–H and O–H groups in total. The van der Waals surface area contributed by atoms with Gasteiger partial charge in [-0.05, 0) is 67.3 Å². The van der Waals surface area contributed by atoms with E-state index < -0.39 is 12.0 Å². The largest absolute Gasteiger partial charge is 0.508 e. The maximum absolute atomic E-state index is 13.8. The molecular weight excluding hydrogens is 492 g/mol. The second-order valence-corrected chi connectivity index (χ2v) is 9.31. The van der Waals surface area contributed by atoms with Gasteiger partial charge in [-0.2, -0.15) is 0 Å². The van der Waals surface area contributed by atoms with Crippen LogP contribution in [0.25, 0.3) is 6.08 Å². The van der Waals surface area contributed by atoms with Crippen LogP contribution in [0.15, 0.2) is 70.1 Å². The molecule has 192 valence electrons. The third-order valence-corrected chi connectivity index (χ3v) is 6.99. The highest BCUT2D eigenvalue weighted by Crippen LogP contribution is 2.36. The molecule has 9 heteroatoms. The zero-order chi connectivity index (χ0) is 26.7. The van der Waals surface area contributed by atoms with Gasteiger partial charge in [0.05, 0.1) is 42.7 Å². The minimum atomic E-state index is -0.770. The summed E-state index contributed by atoms with van der Waals surface area (Å²) in [5.41, 5.74) is 2.58. The van der Waals surface area contributed by atoms with Gasteiger partial charge in [-0.3, -0.25) is 9.36 Å². The zero-order valence-corrected chi connectivity index (χ0v) is 21.9. The Labute approximate surface area is 218 Å². The van der Waals surface area contributed by atoms with Crippen LogP contribution in [0.1, 0.15) is 36.6 Å². The van der Waals surface area contributed by atoms with Crippen LogP contribution >= 0.6 is 11.3 Å². The van der Waals surface area contributed by atoms with Crippen molar-refractivity contribution in [2.24, 2.45) is 4.99 Å². The van der Waals surface area contributed by atoms with Crippen molar-refractivity contribution >= 4 is 23.4 Å². The highest BCUT2D eigenvalue weighted by atomic mass is 32.1. The number of hydrogen-bond acceptors (Lipinski definition) is 8. The van der Waals surface area contributed by atoms with Gasteiger partial charge < -0.3 is 19.3 Å². The fraction of sp³-hybridized carbons (Fsp3) is 0.250. The van der Waals surface area contributed by atoms with Crippen molar-refractivity contribution in [3.8, 4) is 17.2 Å². The number of phenolic OH excluding ortho intramolecular Hbond substituents is 1. The summed E-state index contributed by atoms with van der Waals surface area (Å²) in [5.74, 6) is 0.630. The van der Waals surface area contributed by atoms with E-state index in [0.717, 1.165) is 5.56 Å². The number of carbonyl (C=O) groups is 1. The van der Waals surface area contributed by atoms with Crippen LogP contribution in [0.4, 0.5) is 0 Å². The van der Waals surface area contributed by atoms with Crippen molar-refractivity contribution in [1.29, 1.82) is 0 Å². The number of allylic oxidation sites excluding steroid dienone is 2. The summed E-state index contributed by atoms with van der Waals surface area (Å²) in [6, 6.07) is 9.66. The van der Waals surface area contributed by atoms with Gasteiger partial charge in [0, 0.05) is 0 Å². The van der Waals surface area contributed by atoms with E-state index in [1.807, 2.05) is 6.07 Å². The number of aromatic hydroxyl groups is 1. The monoisotopic (exact) mass is 520 g/mol. The van der Waals surface area contributed by atoms with E-state index in [0.29, 0.717) is 44.1 Å². The standard InChI is InChI=1S/C28H28N2O6S/c1-6-8-18-13-17(9-11-20(18)31)14-23-26(32)30-25(19-10-12-21(34-4)22(15-19)35-5)24(27(33)36-7-2)16(3)29-28(30)37-23/h6,9-15,25,31H,1,7-8H2,2-5H3/b23-14+/t25-/m1/s1. The van der Waals surface area contributed by atoms with Gasteiger partial charge in [0.1, 0.15) is 5.75 Å². The molecule has 4 rings (SSSR count). The quantitative estimate of drug-likeness (QED) is 0.362. The molecule has 1 aliphatic rings. The number of phenols is 1. The number of hydrogen-bond donors (Lipinski definition) is 1. The zero-order valence-electron chi connectivity index (χ0n) is 21.1. The first-order valence-electron chi connectivity index (χ1n) is 11.7. The minimum absolute atomic E-state index is 0.168. The molecular formula is C28H28N2O6S. The van der Waals surface area contributed by atoms with Crippen LogP contribution in [0.2, 0.25) is 0 Å². The number of carbonyl (C=O) groups excluding carboxylic acids is 1. The average molecular weight is 521 g/mol. The highest BCUT2D eigenvalue weighted by molar-refractivity contribution is 7.07. The normalized spacial score (nSPS) is 15.1. The fourth-order valence-electron chi connectivity index (χ4n) is 4.30. The molecule has 3 aromatic rings. The Morgan fingerprint density at radius 3 is 2.62 bits per heavy atom. The van der Waals surface area contributed by atoms with Crippen LogP contribution in [0.5, 0.6) is 17.2 Å². The van der Waals surface area contributed by atoms with Gasteiger partial charge >= 0.3 is 5.97 Å². The lowest BCUT2D eigenvalue weighted by atomic mass is 9.95. The van der Waals surface area contributed by atoms with Crippen LogP contribution in [0, 0.1) is 0 Å². The van der Waals surface area contributed by atoms with Crippen LogP contribution in [0.3, 0.4) is 0 Å². The Morgan fingerprint density at radius 1 is 1.19 bits per heavy atom. The van der Waals surface area contributed by atoms with E-state index in [4.69, 9.17) is 14.2 Å². The molecule has 2 heterocycles. The Morgan fingerprint density at radius 2 is 1.95 bits per heavy atom. The molecule has 1 aliphatic heterocycles. The second kappa shape index (κ2) is 10.9. The highest BCUT2D eigenvalue weighted by Gasteiger charge is 2.33. The predicted octanol–water partition coefficient (Wildman–Crippen LogP) is 3.25. The van der Waals surface area contributed by atoms with E-state index in [-0.39, 0.29) is 23.5 Å². The summed E-state index contributed by atoms with van der Waals surface area (Å²) in [6.45, 7) is 7.38. The maximum Gasteiger partial charge on any atom is 0.338 e. The Bertz CT molecular complexity index is 1580. The molecule has 0 bridgehead atoms. The lowest BCUT2D eigenvalue weighted by Gasteiger charge is -2.25. The number of methoxy groups -OCH3 is 2. The summed E-state index contributed by atoms with van der Waals surface area (Å²) in [7, 11) is 3.07. The minimum Gasteiger partial charge on any atom is -0.508 e. The first-order valence-corrected chi connectivity index (χ1v) is 12.5. The molecule has 0 saturated heterocycles. The molecule has 0 unspecified atom stereocenters. The van der Waals surface area contributed by atoms with Gasteiger partial charge in [-0.1, -0.05) is 29.5 Å². The van der Waals surface area contributed by atoms with Crippen LogP contribution < -0.4 is 24.4 Å². The van der Waals surface area contributed by atoms with E-state index in [2.05, 4.69) is 11.6 Å². The number of aromatic nitrogens is 1. The van der Waals surface area contributed by atoms with Crippen molar-refractivity contribution in [2.75, 3.05) is 20.8 Å². The SMILES string of the molecule is C=CCc1cc(/C=c2/sc3n(c2=O)[C@H](c2ccc(OC)c(OC)c2)C(C(=O)OCC)=C(C)N=3)ccc1O. The van der Waals surface area contributed by atoms with Crippen LogP contribution in [-0.4, -0.2) is 36.5 Å². The molecule has 0 amide bonds. The molecule has 1 aromatic heterocycles. The summed E-state index contributed by atoms with van der Waals surface area (Å²) in [6.07, 6.45) is 3.95. The number of thiazole rings is 1. The third-order valence-electron chi connectivity index (χ3n) is 6.01. The Hall–Kier alpha value is -4.11. The summed E-state index contributed by atoms with van der Waals surface area (Å²) in [5, 5.41) is 10.1. The number of rotatable bonds is 8. The lowest BCUT2D eigenvalue weighted by molar-refractivity contribution is -0.139. The topological polar surface area (TPSA) is 99.4 Å². The van der Waals surface area contributed by atoms with Gasteiger partial charge in [0.2, 0.25) is 0 Å². The smallest absolute Gasteiger partial charge is 0.338 e. The molecule has 0 saturated carbocycles. The molecule has 0 radical (unpaired) electrons. The van der Waals surface area contributed by atoms with Crippen LogP contribution in [-0.2, 0) is 16.0 Å². The van der Waals surface area contributed by atoms with Gasteiger partial charge in [0.15, 0.2) is 16.3 Å². The number of fused-ring (bicyclic) bond motifs is 1. The summed E-state index contributed by atoms with van der Waals surface area (Å²) < 4.78 is 18.2. The maximum atomic E-state index is 13.8. The number of nitrogens with zero attached hydrogens (tertiary/aromatic N) is 2. The molecule has 1 atom stereocenters. The van der Waals surface area contributed by atoms with Crippen molar-refractivity contribution in [3.63, 3.8) is 0 Å². The van der Waals surface area contributed by atoms with Crippen molar-refractivity contribution in [1.82, 2.24) is 4.57 Å². The molecule has 0 spiro atoms.